The van der Waals surface area contributed by atoms with E-state index in [1.807, 2.05) is 161 Å². The van der Waals surface area contributed by atoms with Gasteiger partial charge in [-0.2, -0.15) is 15.8 Å². The molecule has 1 saturated heterocycles. The van der Waals surface area contributed by atoms with Crippen molar-refractivity contribution in [2.24, 2.45) is 21.1 Å². The van der Waals surface area contributed by atoms with Gasteiger partial charge < -0.3 is 68.9 Å². The van der Waals surface area contributed by atoms with Crippen LogP contribution in [0.15, 0.2) is 168 Å². The molecule has 0 radical (unpaired) electrons. The third-order valence-corrected chi connectivity index (χ3v) is 18.8. The molecule has 110 heavy (non-hydrogen) atoms. The standard InChI is InChI=1S/C18H18N6O.C17H16N6O.C17H18N6.C10H11N3O.C9H14BNO3.C7H9BrN2/c1-4-12-5-14(13(7-19)10-25)20-9-17(12)24(3)18-6-16-15(8-21-18)22-11-23(16)2;1-3-11-4-13(12(6-18)9-24)19-7-14(11)22-17-5-16-15(8-20-17)21-10-23(16)2;1-4-12-7-13(5-6-18)19-10-16(12)23(3)17-8-15-14(9-20-17)21-11-22(15)2;1-2-7-3-10(12-5-9(7)11)8-4-13-14-6-8;1-8(2)9(3,4)14-10(13-8)7-5-11-12-6-7;1-2-5-3-7(8)10-4-6(5)9/h5-6,8-11,25H,4H2,1-3H3;4-5,7-10,24H,3H2,1-2H3,(H,20,22);7-11H,4-5H2,1-3H3;3-6H,2,11H2,1H3;5-6H,1-4H3;3-4H,2,9H2,1H3/b13-10-;12-9-;;;;. The van der Waals surface area contributed by atoms with Crippen molar-refractivity contribution in [2.75, 3.05) is 40.7 Å². The number of halogens is 1. The van der Waals surface area contributed by atoms with Gasteiger partial charge in [-0.25, -0.2) is 34.9 Å². The normalized spacial score (nSPS) is 12.6. The quantitative estimate of drug-likeness (QED) is 0.0259. The number of imidazole rings is 3. The summed E-state index contributed by atoms with van der Waals surface area (Å²) in [5.41, 5.74) is 30.4. The Hall–Kier alpha value is -13.0. The van der Waals surface area contributed by atoms with Crippen LogP contribution >= 0.6 is 15.9 Å². The number of nitrogens with one attached hydrogen (secondary N) is 1. The summed E-state index contributed by atoms with van der Waals surface area (Å²) in [7, 11) is 9.37. The smallest absolute Gasteiger partial charge is 0.499 e. The largest absolute Gasteiger partial charge is 0.514 e. The van der Waals surface area contributed by atoms with Crippen LogP contribution in [0.5, 0.6) is 0 Å². The molecule has 0 bridgehead atoms. The number of pyridine rings is 8. The van der Waals surface area contributed by atoms with Crippen LogP contribution in [0, 0.1) is 34.0 Å². The van der Waals surface area contributed by atoms with Crippen molar-refractivity contribution in [3.8, 4) is 29.5 Å². The second-order valence-electron chi connectivity index (χ2n) is 26.0. The number of aromatic nitrogens is 16. The molecule has 30 nitrogen and oxygen atoms in total. The van der Waals surface area contributed by atoms with Gasteiger partial charge in [-0.3, -0.25) is 19.9 Å². The second-order valence-corrected chi connectivity index (χ2v) is 26.8. The Kier molecular flexibility index (Phi) is 27.3. The summed E-state index contributed by atoms with van der Waals surface area (Å²) in [6, 6.07) is 21.4. The molecule has 13 aromatic heterocycles. The van der Waals surface area contributed by atoms with E-state index in [1.54, 1.807) is 93.3 Å². The molecule has 1 aliphatic heterocycles. The number of nitrogen functional groups attached to an aromatic ring is 2. The maximum Gasteiger partial charge on any atom is 0.499 e. The van der Waals surface area contributed by atoms with Gasteiger partial charge in [-0.1, -0.05) is 44.9 Å². The zero-order chi connectivity index (χ0) is 79.4. The van der Waals surface area contributed by atoms with Gasteiger partial charge in [-0.05, 0) is 134 Å². The van der Waals surface area contributed by atoms with E-state index in [-0.39, 0.29) is 29.5 Å². The Bertz CT molecular complexity index is 5490. The number of hydrogen-bond donors (Lipinski definition) is 5. The molecular weight excluding hydrogens is 1460 g/mol. The first-order valence-electron chi connectivity index (χ1n) is 35.0. The molecule has 1 aliphatic rings. The first kappa shape index (κ1) is 81.1. The third-order valence-electron chi connectivity index (χ3n) is 18.4. The maximum absolute atomic E-state index is 9.15. The first-order valence-corrected chi connectivity index (χ1v) is 35.8. The monoisotopic (exact) mass is 1540 g/mol. The fraction of sp³-hybridized carbons (Fsp3) is 0.282. The van der Waals surface area contributed by atoms with Crippen molar-refractivity contribution < 1.29 is 28.6 Å². The van der Waals surface area contributed by atoms with Gasteiger partial charge in [0.2, 0.25) is 0 Å². The summed E-state index contributed by atoms with van der Waals surface area (Å²) in [5, 5.41) is 55.6. The highest BCUT2D eigenvalue weighted by atomic mass is 79.9. The molecule has 14 rings (SSSR count). The summed E-state index contributed by atoms with van der Waals surface area (Å²) >= 11 is 3.27. The molecule has 0 atom stereocenters. The number of aliphatic hydroxyl groups is 2. The number of nitrogens with two attached hydrogens (primary N) is 2. The fourth-order valence-corrected chi connectivity index (χ4v) is 11.5. The van der Waals surface area contributed by atoms with E-state index in [9.17, 15) is 0 Å². The molecule has 0 unspecified atom stereocenters. The summed E-state index contributed by atoms with van der Waals surface area (Å²) < 4.78 is 27.8. The van der Waals surface area contributed by atoms with Crippen LogP contribution in [0.25, 0.3) is 55.5 Å². The molecule has 13 aromatic rings. The van der Waals surface area contributed by atoms with Crippen LogP contribution in [-0.4, -0.2) is 121 Å². The van der Waals surface area contributed by atoms with Crippen LogP contribution in [-0.2, 0) is 69.0 Å². The van der Waals surface area contributed by atoms with Crippen LogP contribution in [0.3, 0.4) is 0 Å². The van der Waals surface area contributed by atoms with Crippen LogP contribution < -0.4 is 32.0 Å². The summed E-state index contributed by atoms with van der Waals surface area (Å²) in [5.74, 6) is 2.30. The van der Waals surface area contributed by atoms with E-state index in [0.717, 1.165) is 173 Å². The predicted octanol–water partition coefficient (Wildman–Crippen LogP) is 13.8. The number of aryl methyl sites for hydroxylation is 8. The number of fused-ring (bicyclic) bond motifs is 3. The van der Waals surface area contributed by atoms with Gasteiger partial charge in [0.15, 0.2) is 0 Å². The van der Waals surface area contributed by atoms with Gasteiger partial charge in [0.1, 0.15) is 74.4 Å². The SMILES string of the molecule is CC1(C)OB(c2cnoc2)OC1(C)C.CCc1cc(-c2cnoc2)ncc1N.CCc1cc(/C(C#N)=C\O)ncc1N(C)c1cc2c(cn1)ncn2C.CCc1cc(/C(C#N)=C\O)ncc1Nc1cc2c(cn1)ncn2C.CCc1cc(Br)ncc1N.CCc1cc(CC#N)ncc1N(C)c1cc2c(cn1)ncn2C. The number of aliphatic hydroxyl groups excluding tert-OH is 2. The second kappa shape index (κ2) is 37.0. The van der Waals surface area contributed by atoms with E-state index < -0.39 is 0 Å². The molecule has 1 fully saturated rings. The van der Waals surface area contributed by atoms with Crippen molar-refractivity contribution in [1.82, 2.24) is 78.8 Å². The van der Waals surface area contributed by atoms with Crippen molar-refractivity contribution in [3.63, 3.8) is 0 Å². The number of nitriles is 3. The number of allylic oxidation sites excluding steroid dienone is 2. The van der Waals surface area contributed by atoms with Gasteiger partial charge in [0.05, 0.1) is 190 Å². The van der Waals surface area contributed by atoms with Crippen molar-refractivity contribution in [3.05, 3.63) is 204 Å². The highest BCUT2D eigenvalue weighted by Gasteiger charge is 2.52. The topological polar surface area (TPSA) is 409 Å². The Balaban J connectivity index is 0.000000156. The Morgan fingerprint density at radius 2 is 1.01 bits per heavy atom. The minimum Gasteiger partial charge on any atom is -0.514 e. The van der Waals surface area contributed by atoms with Gasteiger partial charge in [0.25, 0.3) is 0 Å². The Labute approximate surface area is 645 Å². The molecular formula is C78H86BBrN24O6. The summed E-state index contributed by atoms with van der Waals surface area (Å²) in [6.45, 7) is 18.3. The highest BCUT2D eigenvalue weighted by molar-refractivity contribution is 9.10. The Morgan fingerprint density at radius 3 is 1.49 bits per heavy atom. The van der Waals surface area contributed by atoms with Crippen LogP contribution in [0.1, 0.15) is 107 Å². The molecule has 14 heterocycles. The van der Waals surface area contributed by atoms with Crippen molar-refractivity contribution >= 4 is 119 Å². The molecule has 0 spiro atoms. The zero-order valence-corrected chi connectivity index (χ0v) is 65.3. The molecule has 0 amide bonds. The summed E-state index contributed by atoms with van der Waals surface area (Å²) in [6.07, 6.45) is 31.5. The minimum absolute atomic E-state index is 0.130. The molecule has 564 valence electrons. The van der Waals surface area contributed by atoms with E-state index >= 15 is 0 Å². The van der Waals surface area contributed by atoms with Crippen LogP contribution in [0.4, 0.5) is 45.9 Å². The zero-order valence-electron chi connectivity index (χ0n) is 63.7. The van der Waals surface area contributed by atoms with Crippen LogP contribution in [0.2, 0.25) is 0 Å². The molecule has 7 N–H and O–H groups in total. The molecule has 32 heteroatoms. The molecule has 0 saturated carbocycles. The average Bonchev–Trinajstić information content (AvgIpc) is 1.60. The van der Waals surface area contributed by atoms with Crippen molar-refractivity contribution in [2.45, 2.75) is 112 Å². The highest BCUT2D eigenvalue weighted by Crippen LogP contribution is 2.37. The lowest BCUT2D eigenvalue weighted by Gasteiger charge is -2.32. The number of nitrogens with zero attached hydrogens (tertiary/aromatic N) is 21. The molecule has 0 aliphatic carbocycles. The Morgan fingerprint density at radius 1 is 0.536 bits per heavy atom. The number of hydrogen-bond acceptors (Lipinski definition) is 27. The number of anilines is 8. The van der Waals surface area contributed by atoms with E-state index in [2.05, 4.69) is 113 Å². The molecule has 0 aromatic carbocycles. The number of rotatable bonds is 16. The maximum atomic E-state index is 9.15. The van der Waals surface area contributed by atoms with Crippen molar-refractivity contribution in [1.29, 1.82) is 15.8 Å². The predicted molar refractivity (Wildman–Crippen MR) is 429 cm³/mol. The van der Waals surface area contributed by atoms with Gasteiger partial charge in [0, 0.05) is 58.9 Å². The van der Waals surface area contributed by atoms with Gasteiger partial charge >= 0.3 is 7.12 Å². The lowest BCUT2D eigenvalue weighted by atomic mass is 9.82. The fourth-order valence-electron chi connectivity index (χ4n) is 11.2. The van der Waals surface area contributed by atoms with E-state index in [4.69, 9.17) is 55.8 Å². The lowest BCUT2D eigenvalue weighted by Crippen LogP contribution is -2.41. The summed E-state index contributed by atoms with van der Waals surface area (Å²) in [4.78, 5) is 51.3. The van der Waals surface area contributed by atoms with Gasteiger partial charge in [-0.15, -0.1) is 0 Å². The lowest BCUT2D eigenvalue weighted by molar-refractivity contribution is 0.00578. The van der Waals surface area contributed by atoms with E-state index in [1.165, 1.54) is 0 Å². The average molecular weight is 1550 g/mol. The van der Waals surface area contributed by atoms with E-state index in [0.29, 0.717) is 23.6 Å². The third kappa shape index (κ3) is 19.4. The first-order chi connectivity index (χ1) is 52.8. The minimum atomic E-state index is -0.369.